The fraction of sp³-hybridized carbons (Fsp3) is 0.111. The fourth-order valence-electron chi connectivity index (χ4n) is 2.16. The fourth-order valence-corrected chi connectivity index (χ4v) is 2.85. The van der Waals surface area contributed by atoms with E-state index in [1.165, 1.54) is 24.5 Å². The Kier molecular flexibility index (Phi) is 5.15. The molecule has 3 rings (SSSR count). The first-order valence-corrected chi connectivity index (χ1v) is 8.34. The standard InChI is InChI=1S/C18H16N2O4S/c1-23-13-7-8-14(16(21)9-13)15-11-25-17(19-15)20-18(22)24-10-12-5-3-2-4-6-12/h2-9,11,21H,10H2,1H3,(H,19,20,22). The highest BCUT2D eigenvalue weighted by atomic mass is 32.1. The molecule has 6 nitrogen and oxygen atoms in total. The van der Waals surface area contributed by atoms with Crippen molar-refractivity contribution in [1.29, 1.82) is 0 Å². The summed E-state index contributed by atoms with van der Waals surface area (Å²) in [5.41, 5.74) is 2.02. The third-order valence-corrected chi connectivity index (χ3v) is 4.16. The average Bonchev–Trinajstić information content (AvgIpc) is 3.08. The van der Waals surface area contributed by atoms with Gasteiger partial charge in [-0.25, -0.2) is 9.78 Å². The number of carbonyl (C=O) groups is 1. The van der Waals surface area contributed by atoms with Crippen LogP contribution in [0, 0.1) is 0 Å². The number of nitrogens with zero attached hydrogens (tertiary/aromatic N) is 1. The predicted octanol–water partition coefficient (Wildman–Crippen LogP) is 4.27. The molecule has 0 aliphatic rings. The molecule has 7 heteroatoms. The van der Waals surface area contributed by atoms with Crippen molar-refractivity contribution in [3.63, 3.8) is 0 Å². The molecular formula is C18H16N2O4S. The number of hydrogen-bond donors (Lipinski definition) is 2. The molecule has 0 saturated carbocycles. The van der Waals surface area contributed by atoms with Crippen LogP contribution in [0.15, 0.2) is 53.9 Å². The number of thiazole rings is 1. The van der Waals surface area contributed by atoms with Crippen LogP contribution in [-0.4, -0.2) is 23.3 Å². The molecule has 0 unspecified atom stereocenters. The summed E-state index contributed by atoms with van der Waals surface area (Å²) in [6.45, 7) is 0.185. The van der Waals surface area contributed by atoms with E-state index in [2.05, 4.69) is 10.3 Å². The number of amides is 1. The van der Waals surface area contributed by atoms with Gasteiger partial charge in [0.25, 0.3) is 0 Å². The van der Waals surface area contributed by atoms with Gasteiger partial charge in [0.15, 0.2) is 5.13 Å². The Morgan fingerprint density at radius 1 is 1.24 bits per heavy atom. The lowest BCUT2D eigenvalue weighted by molar-refractivity contribution is 0.155. The van der Waals surface area contributed by atoms with E-state index in [0.717, 1.165) is 5.56 Å². The van der Waals surface area contributed by atoms with Gasteiger partial charge in [0.2, 0.25) is 0 Å². The van der Waals surface area contributed by atoms with Crippen LogP contribution in [0.2, 0.25) is 0 Å². The molecule has 0 bridgehead atoms. The molecule has 2 N–H and O–H groups in total. The maximum Gasteiger partial charge on any atom is 0.413 e. The molecule has 1 amide bonds. The highest BCUT2D eigenvalue weighted by Gasteiger charge is 2.12. The topological polar surface area (TPSA) is 80.7 Å². The number of ether oxygens (including phenoxy) is 2. The number of benzene rings is 2. The molecule has 0 aliphatic heterocycles. The zero-order valence-electron chi connectivity index (χ0n) is 13.4. The van der Waals surface area contributed by atoms with Gasteiger partial charge in [-0.1, -0.05) is 30.3 Å². The van der Waals surface area contributed by atoms with Crippen LogP contribution in [0.25, 0.3) is 11.3 Å². The zero-order valence-corrected chi connectivity index (χ0v) is 14.2. The Labute approximate surface area is 148 Å². The maximum atomic E-state index is 11.8. The summed E-state index contributed by atoms with van der Waals surface area (Å²) >= 11 is 1.25. The van der Waals surface area contributed by atoms with Gasteiger partial charge in [-0.3, -0.25) is 5.32 Å². The smallest absolute Gasteiger partial charge is 0.413 e. The van der Waals surface area contributed by atoms with E-state index >= 15 is 0 Å². The van der Waals surface area contributed by atoms with Gasteiger partial charge in [-0.05, 0) is 17.7 Å². The van der Waals surface area contributed by atoms with Crippen molar-refractivity contribution in [3.8, 4) is 22.8 Å². The van der Waals surface area contributed by atoms with Crippen LogP contribution in [0.1, 0.15) is 5.56 Å². The lowest BCUT2D eigenvalue weighted by atomic mass is 10.1. The van der Waals surface area contributed by atoms with E-state index in [4.69, 9.17) is 9.47 Å². The molecule has 0 radical (unpaired) electrons. The lowest BCUT2D eigenvalue weighted by Gasteiger charge is -2.05. The van der Waals surface area contributed by atoms with Crippen molar-refractivity contribution in [2.45, 2.75) is 6.61 Å². The largest absolute Gasteiger partial charge is 0.507 e. The normalized spacial score (nSPS) is 10.3. The minimum absolute atomic E-state index is 0.0582. The van der Waals surface area contributed by atoms with Crippen molar-refractivity contribution in [2.24, 2.45) is 0 Å². The van der Waals surface area contributed by atoms with Crippen molar-refractivity contribution in [2.75, 3.05) is 12.4 Å². The van der Waals surface area contributed by atoms with Gasteiger partial charge in [0.1, 0.15) is 18.1 Å². The van der Waals surface area contributed by atoms with E-state index in [0.29, 0.717) is 22.1 Å². The van der Waals surface area contributed by atoms with E-state index in [9.17, 15) is 9.90 Å². The third kappa shape index (κ3) is 4.27. The van der Waals surface area contributed by atoms with Crippen LogP contribution >= 0.6 is 11.3 Å². The monoisotopic (exact) mass is 356 g/mol. The second-order valence-electron chi connectivity index (χ2n) is 5.11. The molecule has 3 aromatic rings. The zero-order chi connectivity index (χ0) is 17.6. The van der Waals surface area contributed by atoms with Crippen molar-refractivity contribution < 1.29 is 19.4 Å². The second-order valence-corrected chi connectivity index (χ2v) is 5.97. The summed E-state index contributed by atoms with van der Waals surface area (Å²) in [7, 11) is 1.53. The molecule has 1 aromatic heterocycles. The van der Waals surface area contributed by atoms with Crippen LogP contribution in [0.4, 0.5) is 9.93 Å². The van der Waals surface area contributed by atoms with Gasteiger partial charge in [-0.15, -0.1) is 11.3 Å². The number of aromatic hydroxyl groups is 1. The molecule has 1 heterocycles. The number of nitrogens with one attached hydrogen (secondary N) is 1. The third-order valence-electron chi connectivity index (χ3n) is 3.41. The Bertz CT molecular complexity index is 865. The molecule has 0 atom stereocenters. The van der Waals surface area contributed by atoms with Crippen LogP contribution < -0.4 is 10.1 Å². The SMILES string of the molecule is COc1ccc(-c2csc(NC(=O)OCc3ccccc3)n2)c(O)c1. The molecule has 2 aromatic carbocycles. The molecule has 128 valence electrons. The number of hydrogen-bond acceptors (Lipinski definition) is 6. The Morgan fingerprint density at radius 3 is 2.76 bits per heavy atom. The number of anilines is 1. The first-order chi connectivity index (χ1) is 12.2. The van der Waals surface area contributed by atoms with Gasteiger partial charge in [-0.2, -0.15) is 0 Å². The van der Waals surface area contributed by atoms with Gasteiger partial charge < -0.3 is 14.6 Å². The molecule has 0 aliphatic carbocycles. The Balaban J connectivity index is 1.62. The minimum Gasteiger partial charge on any atom is -0.507 e. The van der Waals surface area contributed by atoms with Crippen LogP contribution in [0.5, 0.6) is 11.5 Å². The summed E-state index contributed by atoms with van der Waals surface area (Å²) in [4.78, 5) is 16.1. The lowest BCUT2D eigenvalue weighted by Crippen LogP contribution is -2.13. The second kappa shape index (κ2) is 7.67. The number of phenolic OH excluding ortho intramolecular Hbond substituents is 1. The summed E-state index contributed by atoms with van der Waals surface area (Å²) in [5.74, 6) is 0.613. The first kappa shape index (κ1) is 16.8. The van der Waals surface area contributed by atoms with E-state index < -0.39 is 6.09 Å². The summed E-state index contributed by atoms with van der Waals surface area (Å²) in [6.07, 6.45) is -0.580. The Hall–Kier alpha value is -3.06. The van der Waals surface area contributed by atoms with Crippen molar-refractivity contribution in [3.05, 3.63) is 59.5 Å². The highest BCUT2D eigenvalue weighted by Crippen LogP contribution is 2.34. The van der Waals surface area contributed by atoms with E-state index in [-0.39, 0.29) is 12.4 Å². The number of carbonyl (C=O) groups excluding carboxylic acids is 1. The number of phenols is 1. The van der Waals surface area contributed by atoms with E-state index in [1.54, 1.807) is 17.5 Å². The molecule has 0 saturated heterocycles. The molecular weight excluding hydrogens is 340 g/mol. The quantitative estimate of drug-likeness (QED) is 0.713. The van der Waals surface area contributed by atoms with Crippen LogP contribution in [0.3, 0.4) is 0 Å². The maximum absolute atomic E-state index is 11.8. The number of rotatable bonds is 5. The highest BCUT2D eigenvalue weighted by molar-refractivity contribution is 7.14. The molecule has 0 spiro atoms. The molecule has 0 fully saturated rings. The van der Waals surface area contributed by atoms with Crippen molar-refractivity contribution >= 4 is 22.6 Å². The number of methoxy groups -OCH3 is 1. The summed E-state index contributed by atoms with van der Waals surface area (Å²) < 4.78 is 10.2. The molecule has 25 heavy (non-hydrogen) atoms. The van der Waals surface area contributed by atoms with Gasteiger partial charge in [0.05, 0.1) is 12.8 Å². The minimum atomic E-state index is -0.580. The predicted molar refractivity (Wildman–Crippen MR) is 96.0 cm³/mol. The number of aromatic nitrogens is 1. The summed E-state index contributed by atoms with van der Waals surface area (Å²) in [5, 5.41) is 14.8. The summed E-state index contributed by atoms with van der Waals surface area (Å²) in [6, 6.07) is 14.4. The van der Waals surface area contributed by atoms with Crippen LogP contribution in [-0.2, 0) is 11.3 Å². The van der Waals surface area contributed by atoms with Gasteiger partial charge in [0, 0.05) is 17.0 Å². The van der Waals surface area contributed by atoms with E-state index in [1.807, 2.05) is 30.3 Å². The van der Waals surface area contributed by atoms with Gasteiger partial charge >= 0.3 is 6.09 Å². The average molecular weight is 356 g/mol. The first-order valence-electron chi connectivity index (χ1n) is 7.46. The van der Waals surface area contributed by atoms with Crippen molar-refractivity contribution in [1.82, 2.24) is 4.98 Å². The Morgan fingerprint density at radius 2 is 2.04 bits per heavy atom.